The zero-order valence-electron chi connectivity index (χ0n) is 10.2. The largest absolute Gasteiger partial charge is 0.372 e. The van der Waals surface area contributed by atoms with Crippen LogP contribution in [0.25, 0.3) is 5.65 Å². The van der Waals surface area contributed by atoms with Gasteiger partial charge in [0.25, 0.3) is 0 Å². The molecule has 0 fully saturated rings. The Morgan fingerprint density at radius 2 is 1.95 bits per heavy atom. The number of benzene rings is 1. The molecule has 0 spiro atoms. The van der Waals surface area contributed by atoms with Crippen LogP contribution in [0.15, 0.2) is 48.7 Å². The number of nitrogens with one attached hydrogen (secondary N) is 1. The van der Waals surface area contributed by atoms with Crippen LogP contribution >= 0.6 is 0 Å². The highest BCUT2D eigenvalue weighted by Crippen LogP contribution is 2.28. The Kier molecular flexibility index (Phi) is 2.79. The molecule has 6 nitrogen and oxygen atoms in total. The highest BCUT2D eigenvalue weighted by molar-refractivity contribution is 5.68. The maximum Gasteiger partial charge on any atom is 0.372 e. The van der Waals surface area contributed by atoms with E-state index in [0.717, 1.165) is 0 Å². The number of fused-ring (bicyclic) bond motifs is 1. The number of halogens is 1. The van der Waals surface area contributed by atoms with E-state index in [1.54, 1.807) is 24.4 Å². The van der Waals surface area contributed by atoms with Crippen LogP contribution < -0.4 is 5.32 Å². The Morgan fingerprint density at radius 1 is 1.20 bits per heavy atom. The van der Waals surface area contributed by atoms with Crippen molar-refractivity contribution >= 4 is 23.0 Å². The summed E-state index contributed by atoms with van der Waals surface area (Å²) in [4.78, 5) is 14.8. The molecule has 2 aromatic heterocycles. The maximum atomic E-state index is 12.8. The molecule has 0 atom stereocenters. The smallest absolute Gasteiger partial charge is 0.358 e. The molecular weight excluding hydrogens is 263 g/mol. The molecule has 0 saturated heterocycles. The van der Waals surface area contributed by atoms with Crippen molar-refractivity contribution < 1.29 is 9.31 Å². The summed E-state index contributed by atoms with van der Waals surface area (Å²) in [6.07, 6.45) is 1.57. The summed E-state index contributed by atoms with van der Waals surface area (Å²) in [5, 5.41) is 14.0. The van der Waals surface area contributed by atoms with E-state index in [1.165, 1.54) is 28.7 Å². The van der Waals surface area contributed by atoms with Crippen LogP contribution in [0.5, 0.6) is 0 Å². The highest BCUT2D eigenvalue weighted by atomic mass is 19.1. The lowest BCUT2D eigenvalue weighted by molar-refractivity contribution is -0.389. The second-order valence-electron chi connectivity index (χ2n) is 4.10. The molecule has 0 aliphatic carbocycles. The average molecular weight is 272 g/mol. The third kappa shape index (κ3) is 2.05. The van der Waals surface area contributed by atoms with E-state index in [9.17, 15) is 14.5 Å². The van der Waals surface area contributed by atoms with E-state index >= 15 is 0 Å². The molecule has 0 radical (unpaired) electrons. The summed E-state index contributed by atoms with van der Waals surface area (Å²) in [5.74, 6) is -0.419. The molecule has 0 amide bonds. The first kappa shape index (κ1) is 12.1. The molecule has 2 heterocycles. The van der Waals surface area contributed by atoms with Crippen LogP contribution in [0, 0.1) is 15.9 Å². The topological polar surface area (TPSA) is 72.5 Å². The molecule has 3 aromatic rings. The fourth-order valence-electron chi connectivity index (χ4n) is 1.91. The molecule has 100 valence electrons. The van der Waals surface area contributed by atoms with Gasteiger partial charge in [-0.3, -0.25) is 0 Å². The predicted molar refractivity (Wildman–Crippen MR) is 71.5 cm³/mol. The lowest BCUT2D eigenvalue weighted by Gasteiger charge is -2.02. The summed E-state index contributed by atoms with van der Waals surface area (Å²) in [7, 11) is 0. The number of aromatic nitrogens is 2. The first-order valence-electron chi connectivity index (χ1n) is 5.79. The van der Waals surface area contributed by atoms with Crippen molar-refractivity contribution in [1.82, 2.24) is 9.38 Å². The van der Waals surface area contributed by atoms with Crippen molar-refractivity contribution in [1.29, 1.82) is 0 Å². The minimum atomic E-state index is -0.508. The van der Waals surface area contributed by atoms with E-state index in [0.29, 0.717) is 11.3 Å². The third-order valence-corrected chi connectivity index (χ3v) is 2.78. The minimum Gasteiger partial charge on any atom is -0.358 e. The summed E-state index contributed by atoms with van der Waals surface area (Å²) in [6.45, 7) is 0. The van der Waals surface area contributed by atoms with Gasteiger partial charge in [-0.25, -0.2) is 4.39 Å². The number of nitro groups is 1. The van der Waals surface area contributed by atoms with Gasteiger partial charge >= 0.3 is 5.82 Å². The number of imidazole rings is 1. The number of pyridine rings is 1. The van der Waals surface area contributed by atoms with Gasteiger partial charge in [-0.1, -0.05) is 6.07 Å². The summed E-state index contributed by atoms with van der Waals surface area (Å²) in [5.41, 5.74) is 0.988. The van der Waals surface area contributed by atoms with Crippen molar-refractivity contribution in [3.8, 4) is 0 Å². The standard InChI is InChI=1S/C13H9FN4O2/c14-9-4-6-10(7-5-9)15-12-13(18(19)20)17-8-2-1-3-11(17)16-12/h1-8,15H. The van der Waals surface area contributed by atoms with Crippen LogP contribution in [0.4, 0.5) is 21.7 Å². The fraction of sp³-hybridized carbons (Fsp3) is 0. The van der Waals surface area contributed by atoms with Crippen molar-refractivity contribution in [2.45, 2.75) is 0 Å². The lowest BCUT2D eigenvalue weighted by Crippen LogP contribution is -1.98. The Morgan fingerprint density at radius 3 is 2.65 bits per heavy atom. The number of anilines is 2. The van der Waals surface area contributed by atoms with Gasteiger partial charge in [0.05, 0.1) is 6.20 Å². The molecule has 0 aliphatic rings. The van der Waals surface area contributed by atoms with Crippen molar-refractivity contribution in [2.24, 2.45) is 0 Å². The maximum absolute atomic E-state index is 12.8. The van der Waals surface area contributed by atoms with E-state index in [1.807, 2.05) is 0 Å². The monoisotopic (exact) mass is 272 g/mol. The van der Waals surface area contributed by atoms with E-state index in [4.69, 9.17) is 0 Å². The third-order valence-electron chi connectivity index (χ3n) is 2.78. The molecule has 0 saturated carbocycles. The van der Waals surface area contributed by atoms with Crippen LogP contribution in [0.2, 0.25) is 0 Å². The van der Waals surface area contributed by atoms with E-state index < -0.39 is 4.92 Å². The quantitative estimate of drug-likeness (QED) is 0.587. The summed E-state index contributed by atoms with van der Waals surface area (Å²) < 4.78 is 14.2. The second kappa shape index (κ2) is 4.61. The second-order valence-corrected chi connectivity index (χ2v) is 4.10. The Balaban J connectivity index is 2.08. The van der Waals surface area contributed by atoms with Gasteiger partial charge in [0.15, 0.2) is 0 Å². The average Bonchev–Trinajstić information content (AvgIpc) is 2.79. The molecule has 0 aliphatic heterocycles. The van der Waals surface area contributed by atoms with Gasteiger partial charge in [-0.2, -0.15) is 9.38 Å². The van der Waals surface area contributed by atoms with Gasteiger partial charge < -0.3 is 15.4 Å². The summed E-state index contributed by atoms with van der Waals surface area (Å²) in [6, 6.07) is 10.6. The molecule has 3 rings (SSSR count). The van der Waals surface area contributed by atoms with Crippen LogP contribution in [0.1, 0.15) is 0 Å². The highest BCUT2D eigenvalue weighted by Gasteiger charge is 2.22. The molecule has 1 N–H and O–H groups in total. The molecular formula is C13H9FN4O2. The van der Waals surface area contributed by atoms with Crippen LogP contribution in [-0.4, -0.2) is 14.3 Å². The van der Waals surface area contributed by atoms with Crippen LogP contribution in [-0.2, 0) is 0 Å². The SMILES string of the molecule is O=[N+]([O-])c1c(Nc2ccc(F)cc2)nc2ccccn12. The Labute approximate surface area is 112 Å². The molecule has 0 unspecified atom stereocenters. The van der Waals surface area contributed by atoms with Gasteiger partial charge in [0.2, 0.25) is 11.5 Å². The fourth-order valence-corrected chi connectivity index (χ4v) is 1.91. The lowest BCUT2D eigenvalue weighted by atomic mass is 10.3. The number of rotatable bonds is 3. The Hall–Kier alpha value is -2.96. The Bertz CT molecular complexity index is 783. The van der Waals surface area contributed by atoms with Crippen molar-refractivity contribution in [2.75, 3.05) is 5.32 Å². The van der Waals surface area contributed by atoms with Gasteiger partial charge in [0, 0.05) is 11.8 Å². The first-order valence-corrected chi connectivity index (χ1v) is 5.79. The molecule has 7 heteroatoms. The minimum absolute atomic E-state index is 0.118. The van der Waals surface area contributed by atoms with E-state index in [2.05, 4.69) is 10.3 Å². The van der Waals surface area contributed by atoms with Crippen molar-refractivity contribution in [3.63, 3.8) is 0 Å². The van der Waals surface area contributed by atoms with Crippen molar-refractivity contribution in [3.05, 3.63) is 64.6 Å². The normalized spacial score (nSPS) is 10.7. The predicted octanol–water partition coefficient (Wildman–Crippen LogP) is 3.13. The molecule has 20 heavy (non-hydrogen) atoms. The van der Waals surface area contributed by atoms with Gasteiger partial charge in [-0.15, -0.1) is 0 Å². The molecule has 1 aromatic carbocycles. The zero-order chi connectivity index (χ0) is 14.1. The zero-order valence-corrected chi connectivity index (χ0v) is 10.2. The summed E-state index contributed by atoms with van der Waals surface area (Å²) >= 11 is 0. The van der Waals surface area contributed by atoms with E-state index in [-0.39, 0.29) is 17.5 Å². The number of hydrogen-bond donors (Lipinski definition) is 1. The number of nitrogens with zero attached hydrogens (tertiary/aromatic N) is 3. The first-order chi connectivity index (χ1) is 9.65. The van der Waals surface area contributed by atoms with Crippen LogP contribution in [0.3, 0.4) is 0 Å². The number of hydrogen-bond acceptors (Lipinski definition) is 4. The van der Waals surface area contributed by atoms with Gasteiger partial charge in [0.1, 0.15) is 5.82 Å². The molecule has 0 bridgehead atoms. The van der Waals surface area contributed by atoms with Gasteiger partial charge in [-0.05, 0) is 35.3 Å².